The Morgan fingerprint density at radius 3 is 3.08 bits per heavy atom. The summed E-state index contributed by atoms with van der Waals surface area (Å²) in [6, 6.07) is -0.572. The zero-order valence-corrected chi connectivity index (χ0v) is 6.99. The van der Waals surface area contributed by atoms with E-state index in [-0.39, 0.29) is 11.2 Å². The summed E-state index contributed by atoms with van der Waals surface area (Å²) in [6.07, 6.45) is 1.53. The van der Waals surface area contributed by atoms with Crippen LogP contribution in [0.3, 0.4) is 0 Å². The van der Waals surface area contributed by atoms with Crippen molar-refractivity contribution in [2.75, 3.05) is 7.05 Å². The van der Waals surface area contributed by atoms with Crippen molar-refractivity contribution in [2.45, 2.75) is 6.04 Å². The summed E-state index contributed by atoms with van der Waals surface area (Å²) >= 11 is 5.50. The first-order valence-corrected chi connectivity index (χ1v) is 3.69. The molecule has 5 nitrogen and oxygen atoms in total. The highest BCUT2D eigenvalue weighted by molar-refractivity contribution is 6.67. The zero-order chi connectivity index (χ0) is 8.72. The van der Waals surface area contributed by atoms with E-state index < -0.39 is 6.04 Å². The molecule has 0 aliphatic carbocycles. The number of carbonyl (C=O) groups excluding carboxylic acids is 1. The molecule has 0 spiro atoms. The van der Waals surface area contributed by atoms with Gasteiger partial charge in [0.25, 0.3) is 5.91 Å². The van der Waals surface area contributed by atoms with Crippen LogP contribution in [0.25, 0.3) is 0 Å². The minimum atomic E-state index is -0.572. The molecular weight excluding hydrogens is 180 g/mol. The first kappa shape index (κ1) is 7.42. The molecule has 2 heterocycles. The minimum absolute atomic E-state index is 0.0244. The second-order valence-corrected chi connectivity index (χ2v) is 2.81. The van der Waals surface area contributed by atoms with E-state index in [0.29, 0.717) is 5.84 Å². The second kappa shape index (κ2) is 2.38. The van der Waals surface area contributed by atoms with Gasteiger partial charge < -0.3 is 4.90 Å². The molecule has 6 heteroatoms. The number of amidine groups is 2. The van der Waals surface area contributed by atoms with Gasteiger partial charge >= 0.3 is 0 Å². The van der Waals surface area contributed by atoms with Crippen molar-refractivity contribution in [1.29, 1.82) is 0 Å². The molecule has 0 bridgehead atoms. The van der Waals surface area contributed by atoms with Crippen LogP contribution in [0.15, 0.2) is 15.0 Å². The van der Waals surface area contributed by atoms with E-state index in [4.69, 9.17) is 11.6 Å². The number of rotatable bonds is 0. The first-order valence-electron chi connectivity index (χ1n) is 3.31. The van der Waals surface area contributed by atoms with Crippen molar-refractivity contribution in [3.05, 3.63) is 0 Å². The smallest absolute Gasteiger partial charge is 0.281 e. The number of aliphatic imine (C=N–C) groups is 3. The van der Waals surface area contributed by atoms with Crippen LogP contribution in [0.1, 0.15) is 0 Å². The fourth-order valence-corrected chi connectivity index (χ4v) is 1.24. The number of likely N-dealkylation sites (N-methyl/N-ethyl adjacent to an activating group) is 1. The Balaban J connectivity index is 2.43. The Morgan fingerprint density at radius 1 is 1.58 bits per heavy atom. The number of hydrogen-bond acceptors (Lipinski definition) is 4. The summed E-state index contributed by atoms with van der Waals surface area (Å²) < 4.78 is 0. The maximum absolute atomic E-state index is 11.1. The Morgan fingerprint density at radius 2 is 2.33 bits per heavy atom. The van der Waals surface area contributed by atoms with Crippen molar-refractivity contribution >= 4 is 35.0 Å². The molecule has 2 aliphatic heterocycles. The molecule has 0 saturated heterocycles. The average Bonchev–Trinajstić information content (AvgIpc) is 2.33. The molecule has 1 unspecified atom stereocenters. The van der Waals surface area contributed by atoms with Gasteiger partial charge in [-0.25, -0.2) is 4.99 Å². The summed E-state index contributed by atoms with van der Waals surface area (Å²) in [7, 11) is 1.76. The van der Waals surface area contributed by atoms with E-state index in [0.717, 1.165) is 0 Å². The number of halogens is 1. The van der Waals surface area contributed by atoms with Crippen LogP contribution in [-0.4, -0.2) is 41.4 Å². The number of nitrogens with zero attached hydrogens (tertiary/aromatic N) is 4. The Labute approximate surface area is 73.5 Å². The Kier molecular flexibility index (Phi) is 1.47. The summed E-state index contributed by atoms with van der Waals surface area (Å²) in [5.74, 6) is 0.186. The molecule has 0 saturated carbocycles. The van der Waals surface area contributed by atoms with Gasteiger partial charge in [-0.15, -0.1) is 0 Å². The molecular formula is C6H5ClN4O. The van der Waals surface area contributed by atoms with Crippen LogP contribution in [0.4, 0.5) is 0 Å². The summed E-state index contributed by atoms with van der Waals surface area (Å²) in [5.41, 5.74) is 0. The van der Waals surface area contributed by atoms with E-state index >= 15 is 0 Å². The van der Waals surface area contributed by atoms with Gasteiger partial charge in [-0.1, -0.05) is 0 Å². The van der Waals surface area contributed by atoms with Gasteiger partial charge in [-0.05, 0) is 11.6 Å². The molecule has 1 atom stereocenters. The third kappa shape index (κ3) is 0.937. The van der Waals surface area contributed by atoms with Crippen molar-refractivity contribution in [3.63, 3.8) is 0 Å². The molecule has 62 valence electrons. The van der Waals surface area contributed by atoms with Crippen LogP contribution >= 0.6 is 11.6 Å². The number of amides is 1. The van der Waals surface area contributed by atoms with Crippen LogP contribution in [-0.2, 0) is 4.79 Å². The SMILES string of the molecule is CN1C=NC2C(=O)N=C(Cl)N=C21. The summed E-state index contributed by atoms with van der Waals surface area (Å²) in [5, 5.41) is -0.0244. The second-order valence-electron chi connectivity index (χ2n) is 2.47. The molecule has 2 rings (SSSR count). The van der Waals surface area contributed by atoms with Crippen molar-refractivity contribution in [1.82, 2.24) is 4.90 Å². The Bertz CT molecular complexity index is 332. The van der Waals surface area contributed by atoms with Gasteiger partial charge in [0.05, 0.1) is 6.34 Å². The lowest BCUT2D eigenvalue weighted by Gasteiger charge is -2.14. The molecule has 0 aromatic heterocycles. The molecule has 0 fully saturated rings. The fourth-order valence-electron chi connectivity index (χ4n) is 1.07. The largest absolute Gasteiger partial charge is 0.322 e. The van der Waals surface area contributed by atoms with Crippen molar-refractivity contribution in [2.24, 2.45) is 15.0 Å². The van der Waals surface area contributed by atoms with E-state index in [1.807, 2.05) is 0 Å². The van der Waals surface area contributed by atoms with E-state index in [9.17, 15) is 4.79 Å². The highest BCUT2D eigenvalue weighted by Crippen LogP contribution is 2.13. The molecule has 12 heavy (non-hydrogen) atoms. The van der Waals surface area contributed by atoms with Crippen molar-refractivity contribution < 1.29 is 4.79 Å². The maximum atomic E-state index is 11.1. The number of hydrogen-bond donors (Lipinski definition) is 0. The molecule has 2 aliphatic rings. The summed E-state index contributed by atoms with van der Waals surface area (Å²) in [6.45, 7) is 0. The minimum Gasteiger partial charge on any atom is -0.322 e. The topological polar surface area (TPSA) is 57.4 Å². The first-order chi connectivity index (χ1) is 5.68. The standard InChI is InChI=1S/C6H5ClN4O/c1-11-2-8-3-4(11)9-6(7)10-5(3)12/h2-3H,1H3. The van der Waals surface area contributed by atoms with Gasteiger partial charge in [0.1, 0.15) is 5.84 Å². The average molecular weight is 185 g/mol. The predicted molar refractivity (Wildman–Crippen MR) is 45.8 cm³/mol. The van der Waals surface area contributed by atoms with Crippen LogP contribution in [0.5, 0.6) is 0 Å². The van der Waals surface area contributed by atoms with Gasteiger partial charge in [0.15, 0.2) is 6.04 Å². The van der Waals surface area contributed by atoms with Crippen LogP contribution < -0.4 is 0 Å². The van der Waals surface area contributed by atoms with Gasteiger partial charge in [0.2, 0.25) is 5.29 Å². The van der Waals surface area contributed by atoms with Gasteiger partial charge in [-0.3, -0.25) is 9.79 Å². The van der Waals surface area contributed by atoms with E-state index in [1.165, 1.54) is 6.34 Å². The lowest BCUT2D eigenvalue weighted by atomic mass is 10.2. The Hall–Kier alpha value is -1.23. The fraction of sp³-hybridized carbons (Fsp3) is 0.333. The normalized spacial score (nSPS) is 27.0. The van der Waals surface area contributed by atoms with Crippen molar-refractivity contribution in [3.8, 4) is 0 Å². The van der Waals surface area contributed by atoms with Crippen LogP contribution in [0, 0.1) is 0 Å². The molecule has 1 amide bonds. The number of fused-ring (bicyclic) bond motifs is 1. The van der Waals surface area contributed by atoms with Gasteiger partial charge in [0, 0.05) is 7.05 Å². The number of carbonyl (C=O) groups is 1. The lowest BCUT2D eigenvalue weighted by molar-refractivity contribution is -0.117. The van der Waals surface area contributed by atoms with Gasteiger partial charge in [-0.2, -0.15) is 4.99 Å². The molecule has 0 aromatic rings. The molecule has 0 N–H and O–H groups in total. The third-order valence-corrected chi connectivity index (χ3v) is 1.81. The lowest BCUT2D eigenvalue weighted by Crippen LogP contribution is -2.35. The highest BCUT2D eigenvalue weighted by atomic mass is 35.5. The molecule has 0 aromatic carbocycles. The zero-order valence-electron chi connectivity index (χ0n) is 6.23. The van der Waals surface area contributed by atoms with Crippen LogP contribution in [0.2, 0.25) is 0 Å². The predicted octanol–water partition coefficient (Wildman–Crippen LogP) is -0.138. The summed E-state index contributed by atoms with van der Waals surface area (Å²) in [4.78, 5) is 24.1. The maximum Gasteiger partial charge on any atom is 0.281 e. The third-order valence-electron chi connectivity index (χ3n) is 1.64. The monoisotopic (exact) mass is 184 g/mol. The molecule has 0 radical (unpaired) electrons. The van der Waals surface area contributed by atoms with E-state index in [2.05, 4.69) is 15.0 Å². The highest BCUT2D eigenvalue weighted by Gasteiger charge is 2.33. The quantitative estimate of drug-likeness (QED) is 0.492. The van der Waals surface area contributed by atoms with E-state index in [1.54, 1.807) is 11.9 Å².